The fourth-order valence-electron chi connectivity index (χ4n) is 5.32. The summed E-state index contributed by atoms with van der Waals surface area (Å²) in [6.45, 7) is 0. The Morgan fingerprint density at radius 2 is 1.90 bits per heavy atom. The van der Waals surface area contributed by atoms with Crippen molar-refractivity contribution in [1.29, 1.82) is 0 Å². The summed E-state index contributed by atoms with van der Waals surface area (Å²) in [6.07, 6.45) is 3.14. The van der Waals surface area contributed by atoms with Crippen molar-refractivity contribution in [2.45, 2.75) is 18.9 Å². The van der Waals surface area contributed by atoms with E-state index in [9.17, 15) is 20.0 Å². The first-order valence-electron chi connectivity index (χ1n) is 12.3. The van der Waals surface area contributed by atoms with Gasteiger partial charge in [-0.1, -0.05) is 41.7 Å². The van der Waals surface area contributed by atoms with E-state index in [4.69, 9.17) is 14.5 Å². The van der Waals surface area contributed by atoms with Crippen molar-refractivity contribution < 1.29 is 19.5 Å². The number of aromatic hydroxyl groups is 1. The van der Waals surface area contributed by atoms with Crippen LogP contribution in [-0.4, -0.2) is 28.8 Å². The zero-order valence-electron chi connectivity index (χ0n) is 21.4. The normalized spacial score (nSPS) is 16.1. The first-order chi connectivity index (χ1) is 19.3. The van der Waals surface area contributed by atoms with Gasteiger partial charge in [-0.05, 0) is 75.3 Å². The summed E-state index contributed by atoms with van der Waals surface area (Å²) >= 11 is 4.39. The summed E-state index contributed by atoms with van der Waals surface area (Å²) in [4.78, 5) is 30.3. The van der Waals surface area contributed by atoms with Crippen LogP contribution >= 0.6 is 27.3 Å². The molecule has 1 aliphatic heterocycles. The number of methoxy groups -OCH3 is 2. The van der Waals surface area contributed by atoms with Crippen LogP contribution in [0.3, 0.4) is 0 Å². The highest BCUT2D eigenvalue weighted by Gasteiger charge is 2.33. The van der Waals surface area contributed by atoms with Crippen molar-refractivity contribution in [3.8, 4) is 17.2 Å². The molecule has 0 saturated carbocycles. The van der Waals surface area contributed by atoms with Gasteiger partial charge in [-0.15, -0.1) is 0 Å². The second-order valence-electron chi connectivity index (χ2n) is 9.36. The first kappa shape index (κ1) is 26.0. The molecule has 0 bridgehead atoms. The number of ether oxygens (including phenoxy) is 2. The van der Waals surface area contributed by atoms with Crippen LogP contribution in [0.25, 0.3) is 11.8 Å². The van der Waals surface area contributed by atoms with E-state index in [1.807, 2.05) is 30.3 Å². The van der Waals surface area contributed by atoms with E-state index in [2.05, 4.69) is 28.1 Å². The second-order valence-corrected chi connectivity index (χ2v) is 11.2. The summed E-state index contributed by atoms with van der Waals surface area (Å²) in [5.41, 5.74) is 4.68. The molecule has 2 heterocycles. The molecule has 0 unspecified atom stereocenters. The average Bonchev–Trinajstić information content (AvgIpc) is 3.27. The molecule has 0 spiro atoms. The van der Waals surface area contributed by atoms with E-state index in [1.54, 1.807) is 24.9 Å². The maximum atomic E-state index is 14.0. The van der Waals surface area contributed by atoms with Crippen LogP contribution in [0.4, 0.5) is 5.69 Å². The zero-order chi connectivity index (χ0) is 28.1. The quantitative estimate of drug-likeness (QED) is 0.255. The molecule has 3 aromatic carbocycles. The molecule has 1 atom stereocenters. The summed E-state index contributed by atoms with van der Waals surface area (Å²) in [6, 6.07) is 16.2. The Kier molecular flexibility index (Phi) is 6.55. The van der Waals surface area contributed by atoms with E-state index in [0.29, 0.717) is 26.4 Å². The Morgan fingerprint density at radius 1 is 1.12 bits per heavy atom. The number of thiazole rings is 1. The molecule has 6 rings (SSSR count). The number of halogens is 1. The number of aromatic nitrogens is 1. The standard InChI is InChI=1S/C29H22BrN3O6S/c1-38-22-10-8-17(14-23(22)39-2)26-19-9-7-16-5-3-4-6-18(16)25(19)31-29-32(26)28(35)24(40-29)13-15-11-20(30)27(34)21(12-15)33(36)37/h3-6,8,10-14,26,34H,7,9H2,1-2H3/b24-13+/t26-/m0/s1. The number of phenols is 1. The van der Waals surface area contributed by atoms with Crippen LogP contribution in [0.2, 0.25) is 0 Å². The van der Waals surface area contributed by atoms with Crippen LogP contribution in [0.15, 0.2) is 74.4 Å². The maximum Gasteiger partial charge on any atom is 0.312 e. The molecular weight excluding hydrogens is 598 g/mol. The van der Waals surface area contributed by atoms with Gasteiger partial charge in [0, 0.05) is 11.6 Å². The summed E-state index contributed by atoms with van der Waals surface area (Å²) in [5, 5.41) is 21.5. The van der Waals surface area contributed by atoms with Crippen molar-refractivity contribution in [3.63, 3.8) is 0 Å². The molecule has 0 saturated heterocycles. The number of fused-ring (bicyclic) bond motifs is 3. The highest BCUT2D eigenvalue weighted by atomic mass is 79.9. The molecule has 1 N–H and O–H groups in total. The van der Waals surface area contributed by atoms with Gasteiger partial charge in [0.2, 0.25) is 5.75 Å². The van der Waals surface area contributed by atoms with Gasteiger partial charge in [0.05, 0.1) is 39.9 Å². The molecule has 2 aliphatic rings. The van der Waals surface area contributed by atoms with Crippen molar-refractivity contribution in [1.82, 2.24) is 4.57 Å². The molecule has 4 aromatic rings. The number of allylic oxidation sites excluding steroid dienone is 1. The van der Waals surface area contributed by atoms with Crippen LogP contribution in [0.1, 0.15) is 34.7 Å². The number of rotatable bonds is 5. The minimum Gasteiger partial charge on any atom is -0.501 e. The fraction of sp³-hybridized carbons (Fsp3) is 0.172. The molecule has 1 aliphatic carbocycles. The van der Waals surface area contributed by atoms with Crippen molar-refractivity contribution in [2.75, 3.05) is 14.2 Å². The lowest BCUT2D eigenvalue weighted by Gasteiger charge is -2.31. The predicted octanol–water partition coefficient (Wildman–Crippen LogP) is 4.71. The van der Waals surface area contributed by atoms with E-state index >= 15 is 0 Å². The number of aryl methyl sites for hydroxylation is 1. The SMILES string of the molecule is COc1ccc([C@H]2C3=C(N=c4s/c(=C/c5cc(Br)c(O)c([N+](=O)[O-])c5)c(=O)n42)c2ccccc2CC3)cc1OC. The van der Waals surface area contributed by atoms with Crippen molar-refractivity contribution in [2.24, 2.45) is 4.99 Å². The van der Waals surface area contributed by atoms with E-state index in [0.717, 1.165) is 35.2 Å². The number of benzene rings is 3. The summed E-state index contributed by atoms with van der Waals surface area (Å²) in [5.74, 6) is 0.670. The molecule has 1 aromatic heterocycles. The lowest BCUT2D eigenvalue weighted by atomic mass is 9.83. The van der Waals surface area contributed by atoms with Crippen LogP contribution in [0.5, 0.6) is 17.2 Å². The predicted molar refractivity (Wildman–Crippen MR) is 155 cm³/mol. The third kappa shape index (κ3) is 4.22. The second kappa shape index (κ2) is 10.1. The molecule has 40 heavy (non-hydrogen) atoms. The Morgan fingerprint density at radius 3 is 2.65 bits per heavy atom. The molecule has 202 valence electrons. The topological polar surface area (TPSA) is 116 Å². The molecule has 0 fully saturated rings. The number of nitro benzene ring substituents is 1. The number of hydrogen-bond acceptors (Lipinski definition) is 8. The molecule has 0 amide bonds. The van der Waals surface area contributed by atoms with E-state index in [-0.39, 0.29) is 10.0 Å². The Hall–Kier alpha value is -4.22. The molecule has 9 nitrogen and oxygen atoms in total. The van der Waals surface area contributed by atoms with Gasteiger partial charge in [0.25, 0.3) is 5.56 Å². The van der Waals surface area contributed by atoms with E-state index in [1.165, 1.54) is 29.0 Å². The lowest BCUT2D eigenvalue weighted by molar-refractivity contribution is -0.386. The van der Waals surface area contributed by atoms with Crippen LogP contribution in [-0.2, 0) is 6.42 Å². The first-order valence-corrected chi connectivity index (χ1v) is 13.9. The number of nitrogens with zero attached hydrogens (tertiary/aromatic N) is 3. The smallest absolute Gasteiger partial charge is 0.312 e. The van der Waals surface area contributed by atoms with Gasteiger partial charge in [0.1, 0.15) is 0 Å². The lowest BCUT2D eigenvalue weighted by Crippen LogP contribution is -2.38. The molecule has 11 heteroatoms. The largest absolute Gasteiger partial charge is 0.501 e. The van der Waals surface area contributed by atoms with Gasteiger partial charge >= 0.3 is 5.69 Å². The summed E-state index contributed by atoms with van der Waals surface area (Å²) in [7, 11) is 3.15. The van der Waals surface area contributed by atoms with Gasteiger partial charge in [-0.25, -0.2) is 4.99 Å². The Bertz CT molecular complexity index is 1930. The van der Waals surface area contributed by atoms with Gasteiger partial charge in [0.15, 0.2) is 16.3 Å². The Labute approximate surface area is 240 Å². The number of hydrogen-bond donors (Lipinski definition) is 1. The maximum absolute atomic E-state index is 14.0. The third-order valence-electron chi connectivity index (χ3n) is 7.16. The van der Waals surface area contributed by atoms with Gasteiger partial charge in [-0.2, -0.15) is 0 Å². The van der Waals surface area contributed by atoms with Gasteiger partial charge in [-0.3, -0.25) is 19.5 Å². The zero-order valence-corrected chi connectivity index (χ0v) is 23.8. The Balaban J connectivity index is 1.61. The number of nitro groups is 1. The summed E-state index contributed by atoms with van der Waals surface area (Å²) < 4.78 is 13.2. The minimum absolute atomic E-state index is 0.163. The van der Waals surface area contributed by atoms with E-state index < -0.39 is 22.4 Å². The van der Waals surface area contributed by atoms with Crippen LogP contribution in [0, 0.1) is 10.1 Å². The fourth-order valence-corrected chi connectivity index (χ4v) is 6.79. The monoisotopic (exact) mass is 619 g/mol. The highest BCUT2D eigenvalue weighted by Crippen LogP contribution is 2.43. The minimum atomic E-state index is -0.665. The van der Waals surface area contributed by atoms with Crippen molar-refractivity contribution >= 4 is 44.7 Å². The molecular formula is C29H22BrN3O6S. The third-order valence-corrected chi connectivity index (χ3v) is 8.74. The highest BCUT2D eigenvalue weighted by molar-refractivity contribution is 9.10. The van der Waals surface area contributed by atoms with Gasteiger partial charge < -0.3 is 14.6 Å². The van der Waals surface area contributed by atoms with Crippen molar-refractivity contribution in [3.05, 3.63) is 117 Å². The average molecular weight is 620 g/mol. The van der Waals surface area contributed by atoms with Crippen LogP contribution < -0.4 is 24.4 Å². The number of phenolic OH excluding ortho intramolecular Hbond substituents is 1. The molecule has 0 radical (unpaired) electrons.